The second-order valence-electron chi connectivity index (χ2n) is 12.7. The summed E-state index contributed by atoms with van der Waals surface area (Å²) in [5, 5.41) is 8.40. The number of amides is 2. The number of hydrogen-bond donors (Lipinski definition) is 0. The molecule has 1 fully saturated rings. The van der Waals surface area contributed by atoms with Gasteiger partial charge in [-0.25, -0.2) is 24.5 Å². The molecule has 4 aromatic rings. The number of rotatable bonds is 5. The third kappa shape index (κ3) is 7.79. The Hall–Kier alpha value is -4.91. The van der Waals surface area contributed by atoms with E-state index in [1.165, 1.54) is 6.20 Å². The first-order valence-corrected chi connectivity index (χ1v) is 14.7. The van der Waals surface area contributed by atoms with E-state index in [2.05, 4.69) is 37.0 Å². The maximum atomic E-state index is 13.5. The van der Waals surface area contributed by atoms with Crippen molar-refractivity contribution in [2.45, 2.75) is 52.7 Å². The molecule has 1 aliphatic rings. The molecule has 4 heterocycles. The van der Waals surface area contributed by atoms with Gasteiger partial charge in [-0.2, -0.15) is 4.90 Å². The van der Waals surface area contributed by atoms with Crippen molar-refractivity contribution in [2.75, 3.05) is 43.0 Å². The van der Waals surface area contributed by atoms with Crippen LogP contribution in [0.5, 0.6) is 0 Å². The monoisotopic (exact) mass is 614 g/mol. The van der Waals surface area contributed by atoms with Gasteiger partial charge < -0.3 is 23.7 Å². The Labute approximate surface area is 262 Å². The van der Waals surface area contributed by atoms with Crippen LogP contribution in [0.2, 0.25) is 0 Å². The van der Waals surface area contributed by atoms with E-state index in [0.29, 0.717) is 21.7 Å². The minimum Gasteiger partial charge on any atom is -0.443 e. The average molecular weight is 615 g/mol. The van der Waals surface area contributed by atoms with Crippen LogP contribution in [0.25, 0.3) is 34.3 Å². The maximum Gasteiger partial charge on any atom is 0.425 e. The molecule has 0 unspecified atom stereocenters. The van der Waals surface area contributed by atoms with Crippen molar-refractivity contribution >= 4 is 23.8 Å². The lowest BCUT2D eigenvalue weighted by atomic mass is 10.2. The van der Waals surface area contributed by atoms with Crippen molar-refractivity contribution in [1.29, 1.82) is 0 Å². The summed E-state index contributed by atoms with van der Waals surface area (Å²) >= 11 is 0. The van der Waals surface area contributed by atoms with Crippen LogP contribution in [-0.2, 0) is 9.47 Å². The molecule has 0 saturated carbocycles. The molecule has 13 nitrogen and oxygen atoms in total. The predicted octanol–water partition coefficient (Wildman–Crippen LogP) is 5.68. The summed E-state index contributed by atoms with van der Waals surface area (Å²) < 4.78 is 17.2. The molecule has 2 amide bonds. The Bertz CT molecular complexity index is 1610. The Morgan fingerprint density at radius 3 is 1.98 bits per heavy atom. The van der Waals surface area contributed by atoms with Crippen molar-refractivity contribution in [3.05, 3.63) is 54.9 Å². The molecule has 236 valence electrons. The number of aromatic nitrogens is 5. The second-order valence-corrected chi connectivity index (χ2v) is 12.7. The fourth-order valence-electron chi connectivity index (χ4n) is 4.47. The first-order valence-electron chi connectivity index (χ1n) is 14.7. The predicted molar refractivity (Wildman–Crippen MR) is 169 cm³/mol. The Morgan fingerprint density at radius 2 is 1.40 bits per heavy atom. The summed E-state index contributed by atoms with van der Waals surface area (Å²) in [6.45, 7) is 13.8. The largest absolute Gasteiger partial charge is 0.443 e. The van der Waals surface area contributed by atoms with Crippen LogP contribution in [0.3, 0.4) is 0 Å². The van der Waals surface area contributed by atoms with Crippen molar-refractivity contribution in [3.8, 4) is 34.3 Å². The van der Waals surface area contributed by atoms with E-state index in [1.54, 1.807) is 47.7 Å². The molecule has 0 radical (unpaired) electrons. The SMILES string of the molecule is CN1CCN(c2ccc(-c3cnc(N(C(=O)OC(C)(C)C)C(=O)OC(C)(C)C)c(-c4nnc(-c5ccccc5)o4)n3)cn2)CC1. The van der Waals surface area contributed by atoms with E-state index < -0.39 is 23.4 Å². The zero-order valence-electron chi connectivity index (χ0n) is 26.6. The van der Waals surface area contributed by atoms with Gasteiger partial charge in [0, 0.05) is 43.5 Å². The Morgan fingerprint density at radius 1 is 0.778 bits per heavy atom. The van der Waals surface area contributed by atoms with E-state index >= 15 is 0 Å². The fraction of sp³-hybridized carbons (Fsp3) is 0.406. The van der Waals surface area contributed by atoms with Crippen LogP contribution < -0.4 is 9.80 Å². The summed E-state index contributed by atoms with van der Waals surface area (Å²) in [5.74, 6) is 0.843. The summed E-state index contributed by atoms with van der Waals surface area (Å²) in [5.41, 5.74) is -0.0973. The molecule has 0 atom stereocenters. The third-order valence-corrected chi connectivity index (χ3v) is 6.64. The normalized spacial score (nSPS) is 14.2. The molecule has 13 heteroatoms. The van der Waals surface area contributed by atoms with Crippen LogP contribution in [0.1, 0.15) is 41.5 Å². The van der Waals surface area contributed by atoms with Crippen LogP contribution in [0.15, 0.2) is 59.3 Å². The number of ether oxygens (including phenoxy) is 2. The van der Waals surface area contributed by atoms with Gasteiger partial charge in [0.2, 0.25) is 5.89 Å². The van der Waals surface area contributed by atoms with E-state index in [-0.39, 0.29) is 23.3 Å². The van der Waals surface area contributed by atoms with Gasteiger partial charge in [-0.3, -0.25) is 0 Å². The summed E-state index contributed by atoms with van der Waals surface area (Å²) in [6, 6.07) is 13.0. The third-order valence-electron chi connectivity index (χ3n) is 6.64. The highest BCUT2D eigenvalue weighted by atomic mass is 16.6. The van der Waals surface area contributed by atoms with Crippen molar-refractivity contribution < 1.29 is 23.5 Å². The minimum atomic E-state index is -0.999. The highest BCUT2D eigenvalue weighted by Crippen LogP contribution is 2.33. The van der Waals surface area contributed by atoms with Crippen LogP contribution in [0, 0.1) is 0 Å². The molecule has 1 aliphatic heterocycles. The van der Waals surface area contributed by atoms with Gasteiger partial charge in [0.15, 0.2) is 11.5 Å². The first-order chi connectivity index (χ1) is 21.3. The standard InChI is InChI=1S/C32H38N8O5/c1-31(2,3)44-29(41)40(30(42)45-32(4,5)6)26-25(28-37-36-27(43-28)21-11-9-8-10-12-21)35-23(20-34-26)22-13-14-24(33-19-22)39-17-15-38(7)16-18-39/h8-14,19-20H,15-18H2,1-7H3. The number of carbonyl (C=O) groups is 2. The highest BCUT2D eigenvalue weighted by molar-refractivity contribution is 6.10. The molecule has 1 saturated heterocycles. The number of benzene rings is 1. The molecule has 5 rings (SSSR count). The van der Waals surface area contributed by atoms with Gasteiger partial charge in [0.05, 0.1) is 11.9 Å². The summed E-state index contributed by atoms with van der Waals surface area (Å²) in [4.78, 5) is 46.2. The average Bonchev–Trinajstić information content (AvgIpc) is 3.47. The first kappa shape index (κ1) is 31.5. The Kier molecular flexibility index (Phi) is 8.82. The quantitative estimate of drug-likeness (QED) is 0.273. The summed E-state index contributed by atoms with van der Waals surface area (Å²) in [6.07, 6.45) is 1.16. The van der Waals surface area contributed by atoms with E-state index in [1.807, 2.05) is 42.5 Å². The van der Waals surface area contributed by atoms with Gasteiger partial charge in [-0.15, -0.1) is 10.2 Å². The number of likely N-dealkylation sites (N-methyl/N-ethyl adjacent to an activating group) is 1. The second kappa shape index (κ2) is 12.6. The molecule has 0 spiro atoms. The lowest BCUT2D eigenvalue weighted by molar-refractivity contribution is 0.0429. The minimum absolute atomic E-state index is 0.0120. The van der Waals surface area contributed by atoms with Gasteiger partial charge in [-0.05, 0) is 72.9 Å². The van der Waals surface area contributed by atoms with Crippen molar-refractivity contribution in [1.82, 2.24) is 30.0 Å². The fourth-order valence-corrected chi connectivity index (χ4v) is 4.47. The number of hydrogen-bond acceptors (Lipinski definition) is 12. The van der Waals surface area contributed by atoms with Gasteiger partial charge in [0.1, 0.15) is 17.0 Å². The Balaban J connectivity index is 1.59. The van der Waals surface area contributed by atoms with Gasteiger partial charge >= 0.3 is 12.2 Å². The molecule has 0 N–H and O–H groups in total. The van der Waals surface area contributed by atoms with Crippen LogP contribution in [0.4, 0.5) is 21.2 Å². The molecule has 3 aromatic heterocycles. The van der Waals surface area contributed by atoms with Crippen molar-refractivity contribution in [2.24, 2.45) is 0 Å². The molecule has 1 aromatic carbocycles. The smallest absolute Gasteiger partial charge is 0.425 e. The van der Waals surface area contributed by atoms with E-state index in [0.717, 1.165) is 32.0 Å². The number of imide groups is 1. The van der Waals surface area contributed by atoms with Gasteiger partial charge in [0.25, 0.3) is 5.89 Å². The molecule has 0 aliphatic carbocycles. The van der Waals surface area contributed by atoms with Crippen molar-refractivity contribution in [3.63, 3.8) is 0 Å². The zero-order chi connectivity index (χ0) is 32.4. The molecule has 45 heavy (non-hydrogen) atoms. The number of carbonyl (C=O) groups excluding carboxylic acids is 2. The number of nitrogens with zero attached hydrogens (tertiary/aromatic N) is 8. The topological polar surface area (TPSA) is 140 Å². The number of pyridine rings is 1. The number of anilines is 2. The van der Waals surface area contributed by atoms with E-state index in [9.17, 15) is 9.59 Å². The maximum absolute atomic E-state index is 13.5. The van der Waals surface area contributed by atoms with Crippen LogP contribution in [-0.4, -0.2) is 86.7 Å². The van der Waals surface area contributed by atoms with Crippen LogP contribution >= 0.6 is 0 Å². The number of piperazine rings is 1. The molecular formula is C32H38N8O5. The lowest BCUT2D eigenvalue weighted by Gasteiger charge is -2.33. The lowest BCUT2D eigenvalue weighted by Crippen LogP contribution is -2.44. The molecule has 0 bridgehead atoms. The van der Waals surface area contributed by atoms with E-state index in [4.69, 9.17) is 18.9 Å². The molecular weight excluding hydrogens is 576 g/mol. The van der Waals surface area contributed by atoms with Gasteiger partial charge in [-0.1, -0.05) is 18.2 Å². The summed E-state index contributed by atoms with van der Waals surface area (Å²) in [7, 11) is 2.10. The highest BCUT2D eigenvalue weighted by Gasteiger charge is 2.37. The zero-order valence-corrected chi connectivity index (χ0v) is 26.6.